The SMILES string of the molecule is CCCCCCCCCCCCCCCC(O)C(O)(O)C(=O)O.OCC(O)CO.OCCO. The van der Waals surface area contributed by atoms with E-state index in [1.807, 2.05) is 0 Å². The lowest BCUT2D eigenvalue weighted by molar-refractivity contribution is -0.237. The molecule has 0 saturated carbocycles. The predicted octanol–water partition coefficient (Wildman–Crippen LogP) is 0.897. The quantitative estimate of drug-likeness (QED) is 0.0933. The third-order valence-corrected chi connectivity index (χ3v) is 4.88. The summed E-state index contributed by atoms with van der Waals surface area (Å²) in [6, 6.07) is 0. The molecule has 0 aliphatic rings. The summed E-state index contributed by atoms with van der Waals surface area (Å²) in [5, 5.41) is 75.6. The maximum absolute atomic E-state index is 10.5. The Morgan fingerprint density at radius 1 is 0.667 bits per heavy atom. The molecule has 0 amide bonds. The Bertz CT molecular complexity index is 387. The summed E-state index contributed by atoms with van der Waals surface area (Å²) >= 11 is 0. The first-order valence-electron chi connectivity index (χ1n) is 12.1. The van der Waals surface area contributed by atoms with Crippen molar-refractivity contribution in [3.63, 3.8) is 0 Å². The van der Waals surface area contributed by atoms with E-state index >= 15 is 0 Å². The van der Waals surface area contributed by atoms with Gasteiger partial charge in [0.15, 0.2) is 0 Å². The van der Waals surface area contributed by atoms with Gasteiger partial charge in [0.1, 0.15) is 12.2 Å². The normalized spacial score (nSPS) is 11.9. The van der Waals surface area contributed by atoms with Crippen molar-refractivity contribution in [3.05, 3.63) is 0 Å². The van der Waals surface area contributed by atoms with Crippen LogP contribution in [0.4, 0.5) is 0 Å². The number of aliphatic hydroxyl groups excluding tert-OH is 6. The Morgan fingerprint density at radius 2 is 1.00 bits per heavy atom. The molecule has 0 saturated heterocycles. The number of rotatable bonds is 19. The van der Waals surface area contributed by atoms with Crippen molar-refractivity contribution in [3.8, 4) is 0 Å². The zero-order valence-corrected chi connectivity index (χ0v) is 20.3. The molecule has 10 heteroatoms. The molecule has 10 nitrogen and oxygen atoms in total. The van der Waals surface area contributed by atoms with Gasteiger partial charge in [0, 0.05) is 0 Å². The molecule has 0 heterocycles. The fourth-order valence-electron chi connectivity index (χ4n) is 2.76. The van der Waals surface area contributed by atoms with Crippen LogP contribution in [0.3, 0.4) is 0 Å². The molecule has 1 unspecified atom stereocenters. The first-order chi connectivity index (χ1) is 15.6. The highest BCUT2D eigenvalue weighted by atomic mass is 16.6. The van der Waals surface area contributed by atoms with Crippen LogP contribution in [0.5, 0.6) is 0 Å². The van der Waals surface area contributed by atoms with E-state index in [1.54, 1.807) is 0 Å². The Kier molecular flexibility index (Phi) is 30.5. The summed E-state index contributed by atoms with van der Waals surface area (Å²) in [7, 11) is 0. The maximum atomic E-state index is 10.5. The lowest BCUT2D eigenvalue weighted by Crippen LogP contribution is -2.49. The average Bonchev–Trinajstić information content (AvgIpc) is 2.81. The molecule has 0 fully saturated rings. The zero-order valence-electron chi connectivity index (χ0n) is 20.3. The third-order valence-electron chi connectivity index (χ3n) is 4.88. The van der Waals surface area contributed by atoms with Gasteiger partial charge in [-0.15, -0.1) is 0 Å². The van der Waals surface area contributed by atoms with Crippen molar-refractivity contribution in [1.82, 2.24) is 0 Å². The van der Waals surface area contributed by atoms with Gasteiger partial charge in [0.2, 0.25) is 0 Å². The lowest BCUT2D eigenvalue weighted by Gasteiger charge is -2.22. The van der Waals surface area contributed by atoms with Crippen LogP contribution in [0, 0.1) is 0 Å². The molecule has 0 bridgehead atoms. The summed E-state index contributed by atoms with van der Waals surface area (Å²) in [4.78, 5) is 10.5. The molecule has 0 aromatic carbocycles. The number of aliphatic hydroxyl groups is 8. The highest BCUT2D eigenvalue weighted by molar-refractivity contribution is 5.75. The van der Waals surface area contributed by atoms with Crippen LogP contribution in [0.15, 0.2) is 0 Å². The Hall–Kier alpha value is -0.850. The van der Waals surface area contributed by atoms with Gasteiger partial charge in [0.05, 0.1) is 26.4 Å². The van der Waals surface area contributed by atoms with E-state index in [0.29, 0.717) is 6.42 Å². The third kappa shape index (κ3) is 27.3. The summed E-state index contributed by atoms with van der Waals surface area (Å²) in [5.41, 5.74) is 0. The van der Waals surface area contributed by atoms with E-state index in [9.17, 15) is 9.90 Å². The smallest absolute Gasteiger partial charge is 0.366 e. The fourth-order valence-corrected chi connectivity index (χ4v) is 2.76. The van der Waals surface area contributed by atoms with E-state index in [1.165, 1.54) is 57.8 Å². The minimum absolute atomic E-state index is 0.0943. The molecule has 1 atom stereocenters. The minimum Gasteiger partial charge on any atom is -0.477 e. The molecule has 0 aliphatic heterocycles. The number of aliphatic carboxylic acids is 1. The second kappa shape index (κ2) is 27.4. The van der Waals surface area contributed by atoms with Crippen LogP contribution in [-0.4, -0.2) is 96.4 Å². The molecule has 0 rings (SSSR count). The monoisotopic (exact) mass is 486 g/mol. The molecular weight excluding hydrogens is 436 g/mol. The van der Waals surface area contributed by atoms with Gasteiger partial charge in [-0.25, -0.2) is 4.79 Å². The van der Waals surface area contributed by atoms with Crippen molar-refractivity contribution in [2.24, 2.45) is 0 Å². The highest BCUT2D eigenvalue weighted by Gasteiger charge is 2.41. The van der Waals surface area contributed by atoms with Gasteiger partial charge in [0.25, 0.3) is 5.79 Å². The Balaban J connectivity index is -0.000000747. The standard InChI is InChI=1S/C18H36O5.C3H8O3.C2H6O2/c1-2-3-4-5-6-7-8-9-10-11-12-13-14-15-16(19)18(22,23)17(20)21;4-1-3(6)2-5;3-1-2-4/h16,19,22-23H,2-15H2,1H3,(H,20,21);3-6H,1-2H2;3-4H,1-2H2. The molecule has 202 valence electrons. The van der Waals surface area contributed by atoms with E-state index in [2.05, 4.69) is 6.92 Å². The van der Waals surface area contributed by atoms with Crippen LogP contribution in [-0.2, 0) is 4.79 Å². The van der Waals surface area contributed by atoms with Crippen LogP contribution < -0.4 is 0 Å². The molecule has 0 aromatic heterocycles. The second-order valence-corrected chi connectivity index (χ2v) is 8.04. The molecule has 0 aliphatic carbocycles. The number of unbranched alkanes of at least 4 members (excludes halogenated alkanes) is 12. The minimum atomic E-state index is -3.03. The van der Waals surface area contributed by atoms with Gasteiger partial charge in [-0.05, 0) is 6.42 Å². The summed E-state index contributed by atoms with van der Waals surface area (Å²) in [5.74, 6) is -4.84. The second-order valence-electron chi connectivity index (χ2n) is 8.04. The lowest BCUT2D eigenvalue weighted by atomic mass is 10.0. The molecule has 9 N–H and O–H groups in total. The number of hydrogen-bond acceptors (Lipinski definition) is 9. The summed E-state index contributed by atoms with van der Waals surface area (Å²) < 4.78 is 0. The van der Waals surface area contributed by atoms with Gasteiger partial charge < -0.3 is 46.0 Å². The molecule has 33 heavy (non-hydrogen) atoms. The van der Waals surface area contributed by atoms with Gasteiger partial charge in [-0.3, -0.25) is 0 Å². The van der Waals surface area contributed by atoms with Crippen molar-refractivity contribution in [2.75, 3.05) is 26.4 Å². The van der Waals surface area contributed by atoms with Gasteiger partial charge in [-0.1, -0.05) is 90.4 Å². The maximum Gasteiger partial charge on any atom is 0.366 e. The Morgan fingerprint density at radius 3 is 1.24 bits per heavy atom. The first-order valence-corrected chi connectivity index (χ1v) is 12.1. The van der Waals surface area contributed by atoms with Crippen molar-refractivity contribution in [1.29, 1.82) is 0 Å². The average molecular weight is 487 g/mol. The summed E-state index contributed by atoms with van der Waals surface area (Å²) in [6.45, 7) is 1.25. The predicted molar refractivity (Wildman–Crippen MR) is 125 cm³/mol. The molecular formula is C23H50O10. The molecule has 0 spiro atoms. The van der Waals surface area contributed by atoms with Crippen molar-refractivity contribution in [2.45, 2.75) is 115 Å². The van der Waals surface area contributed by atoms with E-state index in [-0.39, 0.29) is 32.8 Å². The topological polar surface area (TPSA) is 199 Å². The number of carboxylic acid groups (broad SMARTS) is 1. The number of carboxylic acids is 1. The number of hydrogen-bond donors (Lipinski definition) is 9. The van der Waals surface area contributed by atoms with E-state index in [0.717, 1.165) is 19.3 Å². The van der Waals surface area contributed by atoms with Crippen LogP contribution in [0.25, 0.3) is 0 Å². The highest BCUT2D eigenvalue weighted by Crippen LogP contribution is 2.16. The molecule has 0 aromatic rings. The van der Waals surface area contributed by atoms with Crippen molar-refractivity contribution < 1.29 is 50.8 Å². The summed E-state index contributed by atoms with van der Waals surface area (Å²) in [6.07, 6.45) is 13.0. The molecule has 0 radical (unpaired) electrons. The van der Waals surface area contributed by atoms with Crippen LogP contribution >= 0.6 is 0 Å². The van der Waals surface area contributed by atoms with Crippen LogP contribution in [0.1, 0.15) is 96.8 Å². The van der Waals surface area contributed by atoms with E-state index in [4.69, 9.17) is 40.9 Å². The Labute approximate surface area is 198 Å². The van der Waals surface area contributed by atoms with E-state index < -0.39 is 24.0 Å². The van der Waals surface area contributed by atoms with Crippen LogP contribution in [0.2, 0.25) is 0 Å². The van der Waals surface area contributed by atoms with Crippen molar-refractivity contribution >= 4 is 5.97 Å². The number of carbonyl (C=O) groups is 1. The van der Waals surface area contributed by atoms with Gasteiger partial charge >= 0.3 is 5.97 Å². The first kappa shape index (κ1) is 36.7. The fraction of sp³-hybridized carbons (Fsp3) is 0.957. The zero-order chi connectivity index (χ0) is 26.0. The van der Waals surface area contributed by atoms with Gasteiger partial charge in [-0.2, -0.15) is 0 Å². The largest absolute Gasteiger partial charge is 0.477 e.